The van der Waals surface area contributed by atoms with Gasteiger partial charge in [0.2, 0.25) is 5.91 Å². The monoisotopic (exact) mass is 371 g/mol. The third-order valence-corrected chi connectivity index (χ3v) is 4.33. The van der Waals surface area contributed by atoms with Gasteiger partial charge in [0.1, 0.15) is 5.75 Å². The van der Waals surface area contributed by atoms with E-state index in [1.807, 2.05) is 36.2 Å². The van der Waals surface area contributed by atoms with E-state index in [1.165, 1.54) is 7.11 Å². The molecule has 27 heavy (non-hydrogen) atoms. The topological polar surface area (TPSA) is 85.1 Å². The minimum atomic E-state index is -0.488. The highest BCUT2D eigenvalue weighted by Gasteiger charge is 2.16. The van der Waals surface area contributed by atoms with Gasteiger partial charge < -0.3 is 25.0 Å². The normalized spacial score (nSPS) is 10.3. The maximum absolute atomic E-state index is 12.0. The number of rotatable bonds is 6. The number of nitrogen functional groups attached to an aromatic ring is 1. The van der Waals surface area contributed by atoms with Gasteiger partial charge in [-0.05, 0) is 24.3 Å². The molecule has 0 aliphatic heterocycles. The number of esters is 1. The first-order valence-corrected chi connectivity index (χ1v) is 8.37. The molecule has 0 heterocycles. The molecule has 0 radical (unpaired) electrons. The summed E-state index contributed by atoms with van der Waals surface area (Å²) in [4.78, 5) is 27.3. The van der Waals surface area contributed by atoms with Gasteiger partial charge in [0, 0.05) is 49.8 Å². The lowest BCUT2D eigenvalue weighted by atomic mass is 10.1. The first kappa shape index (κ1) is 20.1. The summed E-state index contributed by atoms with van der Waals surface area (Å²) >= 11 is 0. The molecule has 0 atom stereocenters. The second kappa shape index (κ2) is 8.44. The van der Waals surface area contributed by atoms with Crippen LogP contribution in [0.3, 0.4) is 0 Å². The lowest BCUT2D eigenvalue weighted by Crippen LogP contribution is -2.23. The highest BCUT2D eigenvalue weighted by atomic mass is 16.5. The van der Waals surface area contributed by atoms with Gasteiger partial charge in [0.05, 0.1) is 26.2 Å². The summed E-state index contributed by atoms with van der Waals surface area (Å²) in [5.74, 6) is 0.131. The Morgan fingerprint density at radius 1 is 1.00 bits per heavy atom. The number of likely N-dealkylation sites (N-methyl/N-ethyl adjacent to an activating group) is 1. The standard InChI is InChI=1S/C20H25N3O4/c1-22(2)19(24)10-13-6-7-15(12-18(13)26-4)23(3)14-8-9-17(21)16(11-14)20(25)27-5/h6-9,11-12H,10,21H2,1-5H3. The third-order valence-electron chi connectivity index (χ3n) is 4.33. The van der Waals surface area contributed by atoms with Gasteiger partial charge in [-0.25, -0.2) is 4.79 Å². The molecule has 144 valence electrons. The van der Waals surface area contributed by atoms with Gasteiger partial charge in [0.15, 0.2) is 0 Å². The van der Waals surface area contributed by atoms with Crippen LogP contribution in [0, 0.1) is 0 Å². The van der Waals surface area contributed by atoms with Crippen LogP contribution in [0.5, 0.6) is 5.75 Å². The van der Waals surface area contributed by atoms with Gasteiger partial charge in [0.25, 0.3) is 0 Å². The average molecular weight is 371 g/mol. The maximum atomic E-state index is 12.0. The van der Waals surface area contributed by atoms with E-state index in [0.29, 0.717) is 17.0 Å². The fourth-order valence-corrected chi connectivity index (χ4v) is 2.60. The number of carbonyl (C=O) groups is 2. The molecule has 7 heteroatoms. The van der Waals surface area contributed by atoms with E-state index in [2.05, 4.69) is 0 Å². The van der Waals surface area contributed by atoms with E-state index in [-0.39, 0.29) is 12.3 Å². The molecule has 0 bridgehead atoms. The summed E-state index contributed by atoms with van der Waals surface area (Å²) in [5.41, 5.74) is 8.94. The molecular weight excluding hydrogens is 346 g/mol. The van der Waals surface area contributed by atoms with E-state index in [4.69, 9.17) is 15.2 Å². The minimum absolute atomic E-state index is 0.00402. The highest BCUT2D eigenvalue weighted by molar-refractivity contribution is 5.96. The number of nitrogens with zero attached hydrogens (tertiary/aromatic N) is 2. The van der Waals surface area contributed by atoms with Crippen LogP contribution in [-0.2, 0) is 16.0 Å². The Kier molecular flexibility index (Phi) is 6.28. The summed E-state index contributed by atoms with van der Waals surface area (Å²) in [7, 11) is 8.19. The van der Waals surface area contributed by atoms with Crippen molar-refractivity contribution in [2.75, 3.05) is 46.0 Å². The number of methoxy groups -OCH3 is 2. The Labute approximate surface area is 159 Å². The number of hydrogen-bond acceptors (Lipinski definition) is 6. The van der Waals surface area contributed by atoms with Crippen LogP contribution in [0.15, 0.2) is 36.4 Å². The van der Waals surface area contributed by atoms with E-state index >= 15 is 0 Å². The van der Waals surface area contributed by atoms with Crippen LogP contribution in [0.25, 0.3) is 0 Å². The molecule has 0 unspecified atom stereocenters. The summed E-state index contributed by atoms with van der Waals surface area (Å²) < 4.78 is 10.2. The van der Waals surface area contributed by atoms with Gasteiger partial charge in [-0.3, -0.25) is 4.79 Å². The zero-order valence-electron chi connectivity index (χ0n) is 16.3. The van der Waals surface area contributed by atoms with Crippen LogP contribution in [0.4, 0.5) is 17.1 Å². The lowest BCUT2D eigenvalue weighted by molar-refractivity contribution is -0.127. The predicted octanol–water partition coefficient (Wildman–Crippen LogP) is 2.46. The van der Waals surface area contributed by atoms with Crippen molar-refractivity contribution < 1.29 is 19.1 Å². The van der Waals surface area contributed by atoms with Gasteiger partial charge in [-0.1, -0.05) is 6.07 Å². The molecule has 0 aliphatic rings. The quantitative estimate of drug-likeness (QED) is 0.620. The molecule has 0 saturated carbocycles. The van der Waals surface area contributed by atoms with E-state index in [9.17, 15) is 9.59 Å². The zero-order valence-corrected chi connectivity index (χ0v) is 16.3. The Bertz CT molecular complexity index is 849. The van der Waals surface area contributed by atoms with Crippen LogP contribution in [0.2, 0.25) is 0 Å². The molecule has 2 rings (SSSR count). The second-order valence-corrected chi connectivity index (χ2v) is 6.28. The van der Waals surface area contributed by atoms with Crippen molar-refractivity contribution in [3.05, 3.63) is 47.5 Å². The number of nitrogens with two attached hydrogens (primary N) is 1. The number of amides is 1. The van der Waals surface area contributed by atoms with Crippen LogP contribution >= 0.6 is 0 Å². The number of benzene rings is 2. The first-order chi connectivity index (χ1) is 12.8. The molecule has 0 saturated heterocycles. The van der Waals surface area contributed by atoms with E-state index in [0.717, 1.165) is 16.9 Å². The van der Waals surface area contributed by atoms with Gasteiger partial charge in [-0.15, -0.1) is 0 Å². The summed E-state index contributed by atoms with van der Waals surface area (Å²) in [6.45, 7) is 0. The average Bonchev–Trinajstić information content (AvgIpc) is 2.67. The molecule has 0 spiro atoms. The van der Waals surface area contributed by atoms with E-state index in [1.54, 1.807) is 38.2 Å². The van der Waals surface area contributed by atoms with Crippen LogP contribution in [-0.4, -0.2) is 52.1 Å². The summed E-state index contributed by atoms with van der Waals surface area (Å²) in [6.07, 6.45) is 0.258. The Hall–Kier alpha value is -3.22. The molecule has 0 aromatic heterocycles. The van der Waals surface area contributed by atoms with Crippen molar-refractivity contribution in [3.63, 3.8) is 0 Å². The molecule has 2 aromatic carbocycles. The van der Waals surface area contributed by atoms with Crippen LogP contribution in [0.1, 0.15) is 15.9 Å². The van der Waals surface area contributed by atoms with Crippen molar-refractivity contribution in [1.29, 1.82) is 0 Å². The SMILES string of the molecule is COC(=O)c1cc(N(C)c2ccc(CC(=O)N(C)C)c(OC)c2)ccc1N. The minimum Gasteiger partial charge on any atom is -0.496 e. The van der Waals surface area contributed by atoms with Crippen molar-refractivity contribution in [3.8, 4) is 5.75 Å². The molecule has 1 amide bonds. The molecule has 0 fully saturated rings. The lowest BCUT2D eigenvalue weighted by Gasteiger charge is -2.22. The molecular formula is C20H25N3O4. The third kappa shape index (κ3) is 4.49. The largest absolute Gasteiger partial charge is 0.496 e. The highest BCUT2D eigenvalue weighted by Crippen LogP contribution is 2.31. The number of hydrogen-bond donors (Lipinski definition) is 1. The zero-order chi connectivity index (χ0) is 20.1. The second-order valence-electron chi connectivity index (χ2n) is 6.28. The van der Waals surface area contributed by atoms with Crippen molar-refractivity contribution >= 4 is 28.9 Å². The van der Waals surface area contributed by atoms with E-state index < -0.39 is 5.97 Å². The van der Waals surface area contributed by atoms with Crippen molar-refractivity contribution in [1.82, 2.24) is 4.90 Å². The molecule has 2 N–H and O–H groups in total. The Morgan fingerprint density at radius 2 is 1.63 bits per heavy atom. The summed E-state index contributed by atoms with van der Waals surface area (Å²) in [6, 6.07) is 10.8. The number of carbonyl (C=O) groups excluding carboxylic acids is 2. The van der Waals surface area contributed by atoms with Crippen molar-refractivity contribution in [2.45, 2.75) is 6.42 Å². The van der Waals surface area contributed by atoms with Crippen molar-refractivity contribution in [2.24, 2.45) is 0 Å². The fraction of sp³-hybridized carbons (Fsp3) is 0.300. The molecule has 0 aliphatic carbocycles. The first-order valence-electron chi connectivity index (χ1n) is 8.37. The maximum Gasteiger partial charge on any atom is 0.340 e. The smallest absolute Gasteiger partial charge is 0.340 e. The summed E-state index contributed by atoms with van der Waals surface area (Å²) in [5, 5.41) is 0. The Balaban J connectivity index is 2.35. The van der Waals surface area contributed by atoms with Gasteiger partial charge >= 0.3 is 5.97 Å². The number of ether oxygens (including phenoxy) is 2. The Morgan fingerprint density at radius 3 is 2.22 bits per heavy atom. The number of anilines is 3. The molecule has 7 nitrogen and oxygen atoms in total. The van der Waals surface area contributed by atoms with Gasteiger partial charge in [-0.2, -0.15) is 0 Å². The predicted molar refractivity (Wildman–Crippen MR) is 106 cm³/mol. The van der Waals surface area contributed by atoms with Crippen LogP contribution < -0.4 is 15.4 Å². The fourth-order valence-electron chi connectivity index (χ4n) is 2.60. The molecule has 2 aromatic rings.